The first-order chi connectivity index (χ1) is 9.20. The van der Waals surface area contributed by atoms with E-state index in [4.69, 9.17) is 5.73 Å². The number of alkyl halides is 3. The summed E-state index contributed by atoms with van der Waals surface area (Å²) in [6, 6.07) is 3.70. The van der Waals surface area contributed by atoms with Crippen molar-refractivity contribution >= 4 is 11.5 Å². The zero-order chi connectivity index (χ0) is 15.1. The summed E-state index contributed by atoms with van der Waals surface area (Å²) >= 11 is 0. The molecule has 9 heteroatoms. The smallest absolute Gasteiger partial charge is 0.382 e. The molecule has 0 unspecified atom stereocenters. The van der Waals surface area contributed by atoms with Gasteiger partial charge in [0, 0.05) is 17.8 Å². The van der Waals surface area contributed by atoms with Crippen LogP contribution in [0.15, 0.2) is 24.3 Å². The number of anilines is 1. The van der Waals surface area contributed by atoms with Gasteiger partial charge in [-0.3, -0.25) is 10.1 Å². The van der Waals surface area contributed by atoms with Gasteiger partial charge in [0.2, 0.25) is 0 Å². The number of nitrogens with two attached hydrogens (primary N) is 1. The van der Waals surface area contributed by atoms with Gasteiger partial charge in [0.05, 0.1) is 10.5 Å². The Kier molecular flexibility index (Phi) is 3.12. The number of hydrogen-bond donors (Lipinski definition) is 1. The van der Waals surface area contributed by atoms with Gasteiger partial charge in [0.25, 0.3) is 5.69 Å². The topological polar surface area (TPSA) is 87.0 Å². The Hall–Kier alpha value is -2.58. The molecule has 0 aliphatic rings. The summed E-state index contributed by atoms with van der Waals surface area (Å²) in [6.45, 7) is 1.59. The quantitative estimate of drug-likeness (QED) is 0.679. The number of halogens is 3. The fourth-order valence-corrected chi connectivity index (χ4v) is 1.77. The maximum atomic E-state index is 12.6. The first-order valence-corrected chi connectivity index (χ1v) is 5.38. The van der Waals surface area contributed by atoms with E-state index in [0.717, 1.165) is 16.8 Å². The lowest BCUT2D eigenvalue weighted by molar-refractivity contribution is -0.384. The third kappa shape index (κ3) is 2.42. The van der Waals surface area contributed by atoms with E-state index in [9.17, 15) is 23.3 Å². The summed E-state index contributed by atoms with van der Waals surface area (Å²) in [4.78, 5) is 10.1. The van der Waals surface area contributed by atoms with Crippen molar-refractivity contribution in [2.45, 2.75) is 13.1 Å². The van der Waals surface area contributed by atoms with Crippen LogP contribution >= 0.6 is 0 Å². The molecular weight excluding hydrogens is 277 g/mol. The number of aromatic nitrogens is 2. The van der Waals surface area contributed by atoms with Gasteiger partial charge in [0.1, 0.15) is 11.5 Å². The number of nitrogen functional groups attached to an aromatic ring is 1. The predicted molar refractivity (Wildman–Crippen MR) is 64.4 cm³/mol. The summed E-state index contributed by atoms with van der Waals surface area (Å²) < 4.78 is 38.9. The van der Waals surface area contributed by atoms with Crippen LogP contribution in [-0.4, -0.2) is 14.7 Å². The lowest BCUT2D eigenvalue weighted by Gasteiger charge is -2.09. The summed E-state index contributed by atoms with van der Waals surface area (Å²) in [6.07, 6.45) is -4.65. The molecule has 1 aromatic heterocycles. The molecule has 0 radical (unpaired) electrons. The van der Waals surface area contributed by atoms with Crippen LogP contribution in [0.25, 0.3) is 5.69 Å². The van der Waals surface area contributed by atoms with E-state index in [-0.39, 0.29) is 11.5 Å². The molecule has 0 bridgehead atoms. The van der Waals surface area contributed by atoms with Crippen LogP contribution in [0.4, 0.5) is 24.7 Å². The average molecular weight is 286 g/mol. The van der Waals surface area contributed by atoms with Crippen molar-refractivity contribution in [3.63, 3.8) is 0 Å². The van der Waals surface area contributed by atoms with E-state index in [1.165, 1.54) is 6.07 Å². The average Bonchev–Trinajstić information content (AvgIpc) is 2.66. The zero-order valence-electron chi connectivity index (χ0n) is 10.2. The van der Waals surface area contributed by atoms with Crippen LogP contribution in [0, 0.1) is 17.0 Å². The van der Waals surface area contributed by atoms with Crippen molar-refractivity contribution < 1.29 is 18.1 Å². The van der Waals surface area contributed by atoms with Gasteiger partial charge < -0.3 is 5.73 Å². The minimum Gasteiger partial charge on any atom is -0.382 e. The van der Waals surface area contributed by atoms with E-state index in [1.807, 2.05) is 0 Å². The van der Waals surface area contributed by atoms with Crippen molar-refractivity contribution in [2.75, 3.05) is 5.73 Å². The van der Waals surface area contributed by atoms with Crippen molar-refractivity contribution in [1.82, 2.24) is 9.78 Å². The summed E-state index contributed by atoms with van der Waals surface area (Å²) in [5.41, 5.74) is 4.08. The van der Waals surface area contributed by atoms with Gasteiger partial charge in [-0.05, 0) is 19.1 Å². The Morgan fingerprint density at radius 2 is 2.00 bits per heavy atom. The molecule has 20 heavy (non-hydrogen) atoms. The Morgan fingerprint density at radius 1 is 1.35 bits per heavy atom. The van der Waals surface area contributed by atoms with Crippen molar-refractivity contribution in [3.8, 4) is 5.69 Å². The third-order valence-electron chi connectivity index (χ3n) is 2.63. The summed E-state index contributed by atoms with van der Waals surface area (Å²) in [5, 5.41) is 14.8. The van der Waals surface area contributed by atoms with Crippen LogP contribution in [0.3, 0.4) is 0 Å². The lowest BCUT2D eigenvalue weighted by atomic mass is 10.1. The Labute approximate surface area is 110 Å². The number of benzene rings is 1. The maximum absolute atomic E-state index is 12.6. The first-order valence-electron chi connectivity index (χ1n) is 5.38. The first kappa shape index (κ1) is 13.8. The highest BCUT2D eigenvalue weighted by Crippen LogP contribution is 2.34. The molecule has 6 nitrogen and oxygen atoms in total. The van der Waals surface area contributed by atoms with Gasteiger partial charge >= 0.3 is 6.18 Å². The molecule has 0 saturated heterocycles. The molecule has 0 amide bonds. The molecule has 0 spiro atoms. The van der Waals surface area contributed by atoms with Crippen molar-refractivity contribution in [3.05, 3.63) is 45.6 Å². The molecular formula is C11H9F3N4O2. The molecule has 0 atom stereocenters. The highest BCUT2D eigenvalue weighted by Gasteiger charge is 2.33. The van der Waals surface area contributed by atoms with Gasteiger partial charge in [-0.1, -0.05) is 0 Å². The second kappa shape index (κ2) is 4.51. The number of aryl methyl sites for hydroxylation is 1. The SMILES string of the molecule is Cc1cc(N)nn1-c1ccc(C(F)(F)F)cc1[N+](=O)[O-]. The second-order valence-corrected chi connectivity index (χ2v) is 4.08. The van der Waals surface area contributed by atoms with E-state index in [1.54, 1.807) is 6.92 Å². The van der Waals surface area contributed by atoms with Crippen LogP contribution < -0.4 is 5.73 Å². The van der Waals surface area contributed by atoms with Crippen LogP contribution in [0.2, 0.25) is 0 Å². The number of rotatable bonds is 2. The van der Waals surface area contributed by atoms with Crippen LogP contribution in [-0.2, 0) is 6.18 Å². The highest BCUT2D eigenvalue weighted by molar-refractivity contribution is 5.55. The Balaban J connectivity index is 2.65. The fourth-order valence-electron chi connectivity index (χ4n) is 1.77. The zero-order valence-corrected chi connectivity index (χ0v) is 10.2. The molecule has 2 aromatic rings. The fraction of sp³-hybridized carbons (Fsp3) is 0.182. The van der Waals surface area contributed by atoms with E-state index in [2.05, 4.69) is 5.10 Å². The predicted octanol–water partition coefficient (Wildman–Crippen LogP) is 2.69. The molecule has 0 fully saturated rings. The van der Waals surface area contributed by atoms with E-state index in [0.29, 0.717) is 11.8 Å². The minimum atomic E-state index is -4.65. The minimum absolute atomic E-state index is 0.0720. The maximum Gasteiger partial charge on any atom is 0.416 e. The third-order valence-corrected chi connectivity index (χ3v) is 2.63. The number of nitro groups is 1. The summed E-state index contributed by atoms with van der Waals surface area (Å²) in [7, 11) is 0. The lowest BCUT2D eigenvalue weighted by Crippen LogP contribution is -2.09. The van der Waals surface area contributed by atoms with Crippen molar-refractivity contribution in [2.24, 2.45) is 0 Å². The van der Waals surface area contributed by atoms with Gasteiger partial charge in [0.15, 0.2) is 0 Å². The van der Waals surface area contributed by atoms with Gasteiger partial charge in [-0.2, -0.15) is 18.3 Å². The standard InChI is InChI=1S/C11H9F3N4O2/c1-6-4-10(15)16-17(6)8-3-2-7(11(12,13)14)5-9(8)18(19)20/h2-5H,1H3,(H2,15,16). The molecule has 0 aliphatic carbocycles. The summed E-state index contributed by atoms with van der Waals surface area (Å²) in [5.74, 6) is 0.122. The molecule has 1 heterocycles. The van der Waals surface area contributed by atoms with E-state index >= 15 is 0 Å². The van der Waals surface area contributed by atoms with Crippen LogP contribution in [0.5, 0.6) is 0 Å². The van der Waals surface area contributed by atoms with Gasteiger partial charge in [-0.25, -0.2) is 4.68 Å². The molecule has 106 valence electrons. The normalized spacial score (nSPS) is 11.6. The number of hydrogen-bond acceptors (Lipinski definition) is 4. The number of nitrogens with zero attached hydrogens (tertiary/aromatic N) is 3. The van der Waals surface area contributed by atoms with E-state index < -0.39 is 22.4 Å². The highest BCUT2D eigenvalue weighted by atomic mass is 19.4. The molecule has 0 aliphatic heterocycles. The number of nitro benzene ring substituents is 1. The van der Waals surface area contributed by atoms with Crippen molar-refractivity contribution in [1.29, 1.82) is 0 Å². The molecule has 2 N–H and O–H groups in total. The molecule has 0 saturated carbocycles. The monoisotopic (exact) mass is 286 g/mol. The molecule has 1 aromatic carbocycles. The Bertz CT molecular complexity index is 679. The Morgan fingerprint density at radius 3 is 2.45 bits per heavy atom. The van der Waals surface area contributed by atoms with Crippen LogP contribution in [0.1, 0.15) is 11.3 Å². The molecule has 2 rings (SSSR count). The second-order valence-electron chi connectivity index (χ2n) is 4.08. The largest absolute Gasteiger partial charge is 0.416 e. The van der Waals surface area contributed by atoms with Gasteiger partial charge in [-0.15, -0.1) is 0 Å².